The number of aromatic amines is 1. The minimum absolute atomic E-state index is 0.148. The highest BCUT2D eigenvalue weighted by Crippen LogP contribution is 2.27. The Kier molecular flexibility index (Phi) is 11.2. The predicted octanol–water partition coefficient (Wildman–Crippen LogP) is 4.65. The molecule has 1 aromatic carbocycles. The van der Waals surface area contributed by atoms with Gasteiger partial charge in [0, 0.05) is 30.2 Å². The molecule has 1 unspecified atom stereocenters. The number of carboxylic acid groups (broad SMARTS) is 1. The van der Waals surface area contributed by atoms with E-state index in [2.05, 4.69) is 10.3 Å². The maximum Gasteiger partial charge on any atom is 0.326 e. The van der Waals surface area contributed by atoms with Crippen LogP contribution in [0.25, 0.3) is 10.9 Å². The fourth-order valence-corrected chi connectivity index (χ4v) is 6.40. The number of benzene rings is 1. The number of aromatic nitrogens is 1. The third kappa shape index (κ3) is 8.33. The highest BCUT2D eigenvalue weighted by molar-refractivity contribution is 5.93. The molecule has 3 amide bonds. The van der Waals surface area contributed by atoms with Crippen molar-refractivity contribution in [2.45, 2.75) is 102 Å². The van der Waals surface area contributed by atoms with Crippen LogP contribution < -0.4 is 5.32 Å². The number of nitrogens with one attached hydrogen (secondary N) is 2. The molecular formula is C32H46N4O5. The van der Waals surface area contributed by atoms with E-state index in [1.165, 1.54) is 24.2 Å². The number of likely N-dealkylation sites (tertiary alicyclic amines) is 1. The molecule has 1 aliphatic heterocycles. The molecule has 0 radical (unpaired) electrons. The van der Waals surface area contributed by atoms with E-state index in [1.54, 1.807) is 4.90 Å². The third-order valence-electron chi connectivity index (χ3n) is 8.78. The zero-order valence-corrected chi connectivity index (χ0v) is 24.4. The first-order valence-electron chi connectivity index (χ1n) is 15.5. The summed E-state index contributed by atoms with van der Waals surface area (Å²) in [6.45, 7) is 2.71. The summed E-state index contributed by atoms with van der Waals surface area (Å²) in [6, 6.07) is 6.22. The van der Waals surface area contributed by atoms with Crippen molar-refractivity contribution in [2.24, 2.45) is 5.92 Å². The lowest BCUT2D eigenvalue weighted by Crippen LogP contribution is -2.55. The Morgan fingerprint density at radius 2 is 1.83 bits per heavy atom. The van der Waals surface area contributed by atoms with Crippen LogP contribution in [0.5, 0.6) is 0 Å². The van der Waals surface area contributed by atoms with E-state index in [0.29, 0.717) is 31.8 Å². The summed E-state index contributed by atoms with van der Waals surface area (Å²) in [7, 11) is 0. The topological polar surface area (TPSA) is 123 Å². The summed E-state index contributed by atoms with van der Waals surface area (Å²) in [5.41, 5.74) is 1.83. The quantitative estimate of drug-likeness (QED) is 0.326. The molecule has 2 aromatic rings. The third-order valence-corrected chi connectivity index (χ3v) is 8.78. The molecule has 4 rings (SSSR count). The number of hydrogen-bond acceptors (Lipinski definition) is 4. The van der Waals surface area contributed by atoms with Crippen molar-refractivity contribution in [3.8, 4) is 0 Å². The number of piperidine rings is 1. The monoisotopic (exact) mass is 566 g/mol. The van der Waals surface area contributed by atoms with Crippen LogP contribution in [0.1, 0.15) is 89.5 Å². The Balaban J connectivity index is 1.48. The van der Waals surface area contributed by atoms with Crippen LogP contribution in [0.15, 0.2) is 30.5 Å². The average molecular weight is 567 g/mol. The summed E-state index contributed by atoms with van der Waals surface area (Å²) in [5.74, 6) is -1.29. The van der Waals surface area contributed by atoms with Gasteiger partial charge < -0.3 is 25.2 Å². The maximum atomic E-state index is 14.0. The Bertz CT molecular complexity index is 1190. The molecule has 2 heterocycles. The van der Waals surface area contributed by atoms with Gasteiger partial charge in [0.1, 0.15) is 12.1 Å². The zero-order valence-electron chi connectivity index (χ0n) is 24.4. The average Bonchev–Trinajstić information content (AvgIpc) is 3.39. The van der Waals surface area contributed by atoms with Crippen LogP contribution in [0.3, 0.4) is 0 Å². The second-order valence-electron chi connectivity index (χ2n) is 11.8. The van der Waals surface area contributed by atoms with E-state index in [1.807, 2.05) is 37.4 Å². The number of para-hydroxylation sites is 1. The number of carbonyl (C=O) groups is 4. The minimum Gasteiger partial charge on any atom is -0.480 e. The van der Waals surface area contributed by atoms with Gasteiger partial charge in [0.2, 0.25) is 17.7 Å². The van der Waals surface area contributed by atoms with E-state index in [-0.39, 0.29) is 30.7 Å². The van der Waals surface area contributed by atoms with Gasteiger partial charge >= 0.3 is 5.97 Å². The smallest absolute Gasteiger partial charge is 0.326 e. The first-order valence-corrected chi connectivity index (χ1v) is 15.5. The lowest BCUT2D eigenvalue weighted by Gasteiger charge is -2.36. The molecule has 1 saturated heterocycles. The van der Waals surface area contributed by atoms with Crippen LogP contribution in [0.2, 0.25) is 0 Å². The molecule has 9 nitrogen and oxygen atoms in total. The Morgan fingerprint density at radius 1 is 1.07 bits per heavy atom. The van der Waals surface area contributed by atoms with Gasteiger partial charge in [0.25, 0.3) is 0 Å². The van der Waals surface area contributed by atoms with E-state index in [4.69, 9.17) is 0 Å². The molecule has 3 N–H and O–H groups in total. The molecule has 1 aromatic heterocycles. The number of carbonyl (C=O) groups excluding carboxylic acids is 3. The minimum atomic E-state index is -0.997. The fourth-order valence-electron chi connectivity index (χ4n) is 6.40. The lowest BCUT2D eigenvalue weighted by molar-refractivity contribution is -0.154. The normalized spacial score (nSPS) is 18.7. The van der Waals surface area contributed by atoms with Crippen molar-refractivity contribution in [2.75, 3.05) is 19.6 Å². The van der Waals surface area contributed by atoms with Crippen molar-refractivity contribution < 1.29 is 24.3 Å². The maximum absolute atomic E-state index is 14.0. The SMILES string of the molecule is CCCC[C@H](NC(=O)Cc1c[nH]c2ccccc12)C(=O)N(CCC1CCCCC1)CC(=O)N1CCCCC1C(=O)O. The second-order valence-corrected chi connectivity index (χ2v) is 11.8. The van der Waals surface area contributed by atoms with Gasteiger partial charge in [-0.1, -0.05) is 70.1 Å². The molecule has 0 spiro atoms. The molecule has 2 aliphatic rings. The molecule has 224 valence electrons. The standard InChI is InChI=1S/C32H46N4O5/c1-2-3-14-27(34-29(37)20-24-21-33-26-15-8-7-13-25(24)26)31(39)35(19-17-23-11-5-4-6-12-23)22-30(38)36-18-10-9-16-28(36)32(40)41/h7-8,13,15,21,23,27-28,33H,2-6,9-12,14,16-20,22H2,1H3,(H,34,37)(H,40,41)/t27-,28?/m0/s1. The summed E-state index contributed by atoms with van der Waals surface area (Å²) in [6.07, 6.45) is 12.8. The largest absolute Gasteiger partial charge is 0.480 e. The van der Waals surface area contributed by atoms with Gasteiger partial charge in [-0.3, -0.25) is 14.4 Å². The number of unbranched alkanes of at least 4 members (excludes halogenated alkanes) is 1. The zero-order chi connectivity index (χ0) is 29.2. The molecular weight excluding hydrogens is 520 g/mol. The number of aliphatic carboxylic acids is 1. The van der Waals surface area contributed by atoms with Crippen molar-refractivity contribution in [1.29, 1.82) is 0 Å². The van der Waals surface area contributed by atoms with Crippen molar-refractivity contribution >= 4 is 34.6 Å². The van der Waals surface area contributed by atoms with Crippen LogP contribution in [-0.2, 0) is 25.6 Å². The summed E-state index contributed by atoms with van der Waals surface area (Å²) >= 11 is 0. The molecule has 1 aliphatic carbocycles. The molecule has 2 atom stereocenters. The Labute approximate surface area is 243 Å². The second kappa shape index (κ2) is 15.0. The van der Waals surface area contributed by atoms with Gasteiger partial charge in [0.15, 0.2) is 0 Å². The van der Waals surface area contributed by atoms with E-state index < -0.39 is 18.1 Å². The van der Waals surface area contributed by atoms with Crippen LogP contribution in [0.4, 0.5) is 0 Å². The van der Waals surface area contributed by atoms with E-state index in [0.717, 1.165) is 61.4 Å². The van der Waals surface area contributed by atoms with Gasteiger partial charge in [-0.25, -0.2) is 4.79 Å². The number of rotatable bonds is 13. The predicted molar refractivity (Wildman–Crippen MR) is 158 cm³/mol. The fraction of sp³-hybridized carbons (Fsp3) is 0.625. The van der Waals surface area contributed by atoms with Gasteiger partial charge in [0.05, 0.1) is 13.0 Å². The first kappa shape index (κ1) is 30.6. The molecule has 0 bridgehead atoms. The van der Waals surface area contributed by atoms with Gasteiger partial charge in [-0.2, -0.15) is 0 Å². The molecule has 41 heavy (non-hydrogen) atoms. The number of hydrogen-bond donors (Lipinski definition) is 3. The van der Waals surface area contributed by atoms with Gasteiger partial charge in [-0.15, -0.1) is 0 Å². The number of carboxylic acids is 1. The molecule has 2 fully saturated rings. The van der Waals surface area contributed by atoms with E-state index >= 15 is 0 Å². The van der Waals surface area contributed by atoms with Crippen molar-refractivity contribution in [1.82, 2.24) is 20.1 Å². The Hall–Kier alpha value is -3.36. The van der Waals surface area contributed by atoms with Crippen molar-refractivity contribution in [3.05, 3.63) is 36.0 Å². The van der Waals surface area contributed by atoms with Crippen molar-refractivity contribution in [3.63, 3.8) is 0 Å². The van der Waals surface area contributed by atoms with Crippen LogP contribution in [-0.4, -0.2) is 75.3 Å². The number of H-pyrrole nitrogens is 1. The highest BCUT2D eigenvalue weighted by atomic mass is 16.4. The van der Waals surface area contributed by atoms with E-state index in [9.17, 15) is 24.3 Å². The number of amides is 3. The van der Waals surface area contributed by atoms with Crippen LogP contribution >= 0.6 is 0 Å². The number of fused-ring (bicyclic) bond motifs is 1. The summed E-state index contributed by atoms with van der Waals surface area (Å²) < 4.78 is 0. The molecule has 9 heteroatoms. The summed E-state index contributed by atoms with van der Waals surface area (Å²) in [5, 5.41) is 13.7. The van der Waals surface area contributed by atoms with Crippen LogP contribution in [0, 0.1) is 5.92 Å². The number of nitrogens with zero attached hydrogens (tertiary/aromatic N) is 2. The highest BCUT2D eigenvalue weighted by Gasteiger charge is 2.35. The Morgan fingerprint density at radius 3 is 2.59 bits per heavy atom. The van der Waals surface area contributed by atoms with Gasteiger partial charge in [-0.05, 0) is 49.7 Å². The first-order chi connectivity index (χ1) is 19.9. The lowest BCUT2D eigenvalue weighted by atomic mass is 9.87. The molecule has 1 saturated carbocycles. The summed E-state index contributed by atoms with van der Waals surface area (Å²) in [4.78, 5) is 58.8.